The minimum absolute atomic E-state index is 0.0530. The molecule has 1 aliphatic heterocycles. The Morgan fingerprint density at radius 2 is 1.20 bits per heavy atom. The van der Waals surface area contributed by atoms with Crippen LogP contribution >= 0.6 is 0 Å². The molecule has 0 fully saturated rings. The van der Waals surface area contributed by atoms with E-state index in [0.29, 0.717) is 0 Å². The van der Waals surface area contributed by atoms with Crippen LogP contribution in [0.25, 0.3) is 44.1 Å². The van der Waals surface area contributed by atoms with E-state index in [4.69, 9.17) is 4.99 Å². The predicted octanol–water partition coefficient (Wildman–Crippen LogP) is 10.2. The van der Waals surface area contributed by atoms with Crippen LogP contribution in [0.1, 0.15) is 42.4 Å². The maximum atomic E-state index is 5.47. The Hall–Kier alpha value is -5.41. The second-order valence-electron chi connectivity index (χ2n) is 12.5. The summed E-state index contributed by atoms with van der Waals surface area (Å²) in [4.78, 5) is 5.47. The second-order valence-corrected chi connectivity index (χ2v) is 12.5. The molecule has 1 unspecified atom stereocenters. The molecule has 3 heteroatoms. The van der Waals surface area contributed by atoms with Gasteiger partial charge in [0.1, 0.15) is 0 Å². The van der Waals surface area contributed by atoms with Gasteiger partial charge in [-0.25, -0.2) is 4.99 Å². The number of nitrogens with one attached hydrogen (secondary N) is 1. The van der Waals surface area contributed by atoms with Gasteiger partial charge in [0, 0.05) is 33.0 Å². The Kier molecular flexibility index (Phi) is 5.31. The second kappa shape index (κ2) is 9.29. The molecule has 2 heterocycles. The first-order valence-corrected chi connectivity index (χ1v) is 15.3. The fraction of sp³-hybridized carbons (Fsp3) is 0.0976. The van der Waals surface area contributed by atoms with E-state index in [9.17, 15) is 0 Å². The van der Waals surface area contributed by atoms with E-state index in [-0.39, 0.29) is 11.7 Å². The summed E-state index contributed by atoms with van der Waals surface area (Å²) in [5, 5.41) is 6.32. The molecule has 1 atom stereocenters. The zero-order valence-corrected chi connectivity index (χ0v) is 24.8. The molecule has 0 saturated carbocycles. The van der Waals surface area contributed by atoms with Crippen LogP contribution < -0.4 is 5.32 Å². The first kappa shape index (κ1) is 25.1. The van der Waals surface area contributed by atoms with Crippen molar-refractivity contribution in [1.29, 1.82) is 0 Å². The summed E-state index contributed by atoms with van der Waals surface area (Å²) in [6.45, 7) is 4.70. The third kappa shape index (κ3) is 3.59. The number of anilines is 1. The summed E-state index contributed by atoms with van der Waals surface area (Å²) in [7, 11) is 0. The summed E-state index contributed by atoms with van der Waals surface area (Å²) in [6, 6.07) is 50.4. The van der Waals surface area contributed by atoms with Crippen molar-refractivity contribution in [3.8, 4) is 22.3 Å². The van der Waals surface area contributed by atoms with Crippen molar-refractivity contribution in [2.75, 3.05) is 5.32 Å². The van der Waals surface area contributed by atoms with E-state index in [1.165, 1.54) is 55.2 Å². The average molecular weight is 566 g/mol. The van der Waals surface area contributed by atoms with E-state index in [2.05, 4.69) is 163 Å². The van der Waals surface area contributed by atoms with Crippen LogP contribution in [0, 0.1) is 0 Å². The molecule has 2 aliphatic rings. The van der Waals surface area contributed by atoms with Crippen molar-refractivity contribution in [3.63, 3.8) is 0 Å². The molecule has 1 aliphatic carbocycles. The van der Waals surface area contributed by atoms with E-state index in [1.54, 1.807) is 0 Å². The summed E-state index contributed by atoms with van der Waals surface area (Å²) < 4.78 is 2.40. The van der Waals surface area contributed by atoms with Crippen molar-refractivity contribution in [3.05, 3.63) is 162 Å². The van der Waals surface area contributed by atoms with Gasteiger partial charge in [0.2, 0.25) is 6.29 Å². The number of aromatic nitrogens is 1. The van der Waals surface area contributed by atoms with Crippen LogP contribution in [-0.2, 0) is 5.41 Å². The first-order valence-electron chi connectivity index (χ1n) is 15.3. The molecular weight excluding hydrogens is 534 g/mol. The highest BCUT2D eigenvalue weighted by molar-refractivity contribution is 6.17. The van der Waals surface area contributed by atoms with Crippen molar-refractivity contribution >= 4 is 33.2 Å². The third-order valence-corrected chi connectivity index (χ3v) is 9.64. The SMILES string of the molecule is CC1(C)c2ccccc2-c2cc3c(cc21)c1ccccc1n3C1N=C(c2ccc(-c3ccccc3)cc2)c2ccccc2N1. The number of hydrogen-bond donors (Lipinski definition) is 1. The lowest BCUT2D eigenvalue weighted by molar-refractivity contribution is 0.624. The Morgan fingerprint density at radius 3 is 2.05 bits per heavy atom. The van der Waals surface area contributed by atoms with Crippen molar-refractivity contribution in [2.24, 2.45) is 4.99 Å². The van der Waals surface area contributed by atoms with Crippen molar-refractivity contribution < 1.29 is 0 Å². The minimum Gasteiger partial charge on any atom is -0.346 e. The van der Waals surface area contributed by atoms with Gasteiger partial charge in [-0.2, -0.15) is 0 Å². The number of nitrogens with zero attached hydrogens (tertiary/aromatic N) is 2. The maximum Gasteiger partial charge on any atom is 0.201 e. The van der Waals surface area contributed by atoms with Crippen LogP contribution in [0.5, 0.6) is 0 Å². The van der Waals surface area contributed by atoms with Crippen molar-refractivity contribution in [1.82, 2.24) is 4.57 Å². The lowest BCUT2D eigenvalue weighted by atomic mass is 9.82. The molecule has 7 aromatic rings. The Morgan fingerprint density at radius 1 is 0.545 bits per heavy atom. The normalized spacial score (nSPS) is 16.2. The fourth-order valence-corrected chi connectivity index (χ4v) is 7.44. The predicted molar refractivity (Wildman–Crippen MR) is 184 cm³/mol. The molecule has 0 spiro atoms. The van der Waals surface area contributed by atoms with Gasteiger partial charge in [0.15, 0.2) is 0 Å². The largest absolute Gasteiger partial charge is 0.346 e. The lowest BCUT2D eigenvalue weighted by Crippen LogP contribution is -2.24. The number of benzene rings is 6. The van der Waals surface area contributed by atoms with Crippen LogP contribution in [0.3, 0.4) is 0 Å². The zero-order chi connectivity index (χ0) is 29.4. The van der Waals surface area contributed by atoms with Gasteiger partial charge in [-0.3, -0.25) is 0 Å². The van der Waals surface area contributed by atoms with E-state index >= 15 is 0 Å². The van der Waals surface area contributed by atoms with Crippen molar-refractivity contribution in [2.45, 2.75) is 25.6 Å². The smallest absolute Gasteiger partial charge is 0.201 e. The summed E-state index contributed by atoms with van der Waals surface area (Å²) in [5.74, 6) is 0. The number of aliphatic imine (C=N–C) groups is 1. The lowest BCUT2D eigenvalue weighted by Gasteiger charge is -2.28. The Balaban J connectivity index is 1.26. The standard InChI is InChI=1S/C41H31N3/c1-41(2)34-17-9-6-14-29(34)32-25-38-33(24-35(32)41)30-15-8-11-19-37(30)44(38)40-42-36-18-10-7-16-31(36)39(43-40)28-22-20-27(21-23-28)26-12-4-3-5-13-26/h3-25,40,42H,1-2H3. The number of hydrogen-bond acceptors (Lipinski definition) is 2. The van der Waals surface area contributed by atoms with Gasteiger partial charge in [0.25, 0.3) is 0 Å². The molecule has 210 valence electrons. The monoisotopic (exact) mass is 565 g/mol. The molecule has 9 rings (SSSR count). The summed E-state index contributed by atoms with van der Waals surface area (Å²) >= 11 is 0. The van der Waals surface area contributed by atoms with Crippen LogP contribution in [-0.4, -0.2) is 10.3 Å². The summed E-state index contributed by atoms with van der Waals surface area (Å²) in [6.07, 6.45) is -0.307. The minimum atomic E-state index is -0.307. The summed E-state index contributed by atoms with van der Waals surface area (Å²) in [5.41, 5.74) is 14.5. The topological polar surface area (TPSA) is 29.3 Å². The average Bonchev–Trinajstić information content (AvgIpc) is 3.52. The number of para-hydroxylation sites is 2. The maximum absolute atomic E-state index is 5.47. The van der Waals surface area contributed by atoms with Crippen LogP contribution in [0.2, 0.25) is 0 Å². The van der Waals surface area contributed by atoms with Gasteiger partial charge in [-0.15, -0.1) is 0 Å². The molecule has 6 aromatic carbocycles. The first-order chi connectivity index (χ1) is 21.6. The van der Waals surface area contributed by atoms with Crippen LogP contribution in [0.15, 0.2) is 145 Å². The molecule has 0 radical (unpaired) electrons. The highest BCUT2D eigenvalue weighted by atomic mass is 15.3. The van der Waals surface area contributed by atoms with Gasteiger partial charge in [-0.1, -0.05) is 129 Å². The number of fused-ring (bicyclic) bond motifs is 7. The molecule has 3 nitrogen and oxygen atoms in total. The Bertz CT molecular complexity index is 2270. The molecule has 1 N–H and O–H groups in total. The zero-order valence-electron chi connectivity index (χ0n) is 24.8. The number of rotatable bonds is 3. The van der Waals surface area contributed by atoms with E-state index < -0.39 is 0 Å². The molecule has 44 heavy (non-hydrogen) atoms. The fourth-order valence-electron chi connectivity index (χ4n) is 7.44. The van der Waals surface area contributed by atoms with E-state index in [1.807, 2.05) is 0 Å². The molecule has 0 amide bonds. The van der Waals surface area contributed by atoms with Gasteiger partial charge >= 0.3 is 0 Å². The molecule has 1 aromatic heterocycles. The molecule has 0 saturated heterocycles. The Labute approximate surface area is 257 Å². The van der Waals surface area contributed by atoms with Gasteiger partial charge in [0.05, 0.1) is 16.7 Å². The van der Waals surface area contributed by atoms with Gasteiger partial charge in [-0.05, 0) is 57.6 Å². The third-order valence-electron chi connectivity index (χ3n) is 9.64. The van der Waals surface area contributed by atoms with Gasteiger partial charge < -0.3 is 9.88 Å². The highest BCUT2D eigenvalue weighted by Gasteiger charge is 2.36. The molecule has 0 bridgehead atoms. The van der Waals surface area contributed by atoms with E-state index in [0.717, 1.165) is 22.5 Å². The highest BCUT2D eigenvalue weighted by Crippen LogP contribution is 2.51. The quantitative estimate of drug-likeness (QED) is 0.227. The van der Waals surface area contributed by atoms with Crippen LogP contribution in [0.4, 0.5) is 5.69 Å². The molecular formula is C41H31N3.